The predicted octanol–water partition coefficient (Wildman–Crippen LogP) is 2.93. The summed E-state index contributed by atoms with van der Waals surface area (Å²) in [4.78, 5) is 49.4. The second-order valence-corrected chi connectivity index (χ2v) is 8.81. The summed E-state index contributed by atoms with van der Waals surface area (Å²) >= 11 is 6.00. The van der Waals surface area contributed by atoms with Crippen molar-refractivity contribution in [1.29, 1.82) is 0 Å². The standard InChI is InChI=1S/C21H24ClF2N3O4/c1-20(23,24)6-5-15(16(28)19(31)25-2)27-17(29)12-9-11(22)3-4-14(12)26-18(30)13-10-21(13)7-8-21/h3-4,9,13,15H,5-8,10H2,1-2H3,(H,25,31)(H,26,30)(H,27,29)/t13-,15-/m0/s1. The third kappa shape index (κ3) is 5.58. The van der Waals surface area contributed by atoms with E-state index in [1.165, 1.54) is 25.2 Å². The number of likely N-dealkylation sites (N-methyl/N-ethyl adjacent to an activating group) is 1. The molecular weight excluding hydrogens is 432 g/mol. The summed E-state index contributed by atoms with van der Waals surface area (Å²) in [6.45, 7) is 0.686. The number of benzene rings is 1. The Labute approximate surface area is 183 Å². The molecule has 0 unspecified atom stereocenters. The Morgan fingerprint density at radius 3 is 2.48 bits per heavy atom. The number of hydrogen-bond acceptors (Lipinski definition) is 4. The number of Topliss-reactive ketones (excluding diaryl/α,β-unsaturated/α-hetero) is 1. The van der Waals surface area contributed by atoms with Gasteiger partial charge in [-0.25, -0.2) is 8.78 Å². The first-order valence-electron chi connectivity index (χ1n) is 10.0. The number of carbonyl (C=O) groups excluding carboxylic acids is 4. The van der Waals surface area contributed by atoms with Crippen LogP contribution < -0.4 is 16.0 Å². The van der Waals surface area contributed by atoms with Crippen molar-refractivity contribution in [1.82, 2.24) is 10.6 Å². The Bertz CT molecular complexity index is 928. The summed E-state index contributed by atoms with van der Waals surface area (Å²) in [5, 5.41) is 7.41. The van der Waals surface area contributed by atoms with Gasteiger partial charge in [0.05, 0.1) is 17.3 Å². The Balaban J connectivity index is 1.76. The zero-order valence-electron chi connectivity index (χ0n) is 17.2. The molecule has 0 aromatic heterocycles. The van der Waals surface area contributed by atoms with Crippen LogP contribution in [0.2, 0.25) is 5.02 Å². The molecule has 0 radical (unpaired) electrons. The smallest absolute Gasteiger partial charge is 0.289 e. The van der Waals surface area contributed by atoms with Crippen LogP contribution in [-0.4, -0.2) is 42.5 Å². The third-order valence-corrected chi connectivity index (χ3v) is 6.06. The Kier molecular flexibility index (Phi) is 6.36. The van der Waals surface area contributed by atoms with Gasteiger partial charge in [-0.15, -0.1) is 0 Å². The van der Waals surface area contributed by atoms with Crippen molar-refractivity contribution in [2.24, 2.45) is 11.3 Å². The van der Waals surface area contributed by atoms with Crippen molar-refractivity contribution in [3.05, 3.63) is 28.8 Å². The lowest BCUT2D eigenvalue weighted by Gasteiger charge is -2.20. The van der Waals surface area contributed by atoms with Gasteiger partial charge in [0.15, 0.2) is 0 Å². The van der Waals surface area contributed by atoms with Crippen LogP contribution in [0.25, 0.3) is 0 Å². The van der Waals surface area contributed by atoms with E-state index in [0.29, 0.717) is 6.92 Å². The zero-order chi connectivity index (χ0) is 23.0. The van der Waals surface area contributed by atoms with Crippen LogP contribution >= 0.6 is 11.6 Å². The number of hydrogen-bond donors (Lipinski definition) is 3. The molecule has 0 saturated heterocycles. The lowest BCUT2D eigenvalue weighted by Crippen LogP contribution is -2.47. The molecule has 2 saturated carbocycles. The maximum Gasteiger partial charge on any atom is 0.289 e. The van der Waals surface area contributed by atoms with Gasteiger partial charge in [0.2, 0.25) is 17.6 Å². The van der Waals surface area contributed by atoms with Crippen LogP contribution in [0, 0.1) is 11.3 Å². The Morgan fingerprint density at radius 1 is 1.26 bits per heavy atom. The molecule has 2 aliphatic rings. The molecule has 3 N–H and O–H groups in total. The summed E-state index contributed by atoms with van der Waals surface area (Å²) in [5.41, 5.74) is 0.292. The van der Waals surface area contributed by atoms with Crippen LogP contribution in [0.15, 0.2) is 18.2 Å². The SMILES string of the molecule is CNC(=O)C(=O)[C@H](CCC(C)(F)F)NC(=O)c1cc(Cl)ccc1NC(=O)[C@@H]1CC12CC2. The molecular formula is C21H24ClF2N3O4. The summed E-state index contributed by atoms with van der Waals surface area (Å²) in [6, 6.07) is 2.81. The lowest BCUT2D eigenvalue weighted by molar-refractivity contribution is -0.139. The van der Waals surface area contributed by atoms with Gasteiger partial charge < -0.3 is 16.0 Å². The molecule has 7 nitrogen and oxygen atoms in total. The van der Waals surface area contributed by atoms with Crippen LogP contribution in [0.5, 0.6) is 0 Å². The van der Waals surface area contributed by atoms with Gasteiger partial charge in [0, 0.05) is 24.4 Å². The first-order chi connectivity index (χ1) is 14.5. The highest BCUT2D eigenvalue weighted by atomic mass is 35.5. The normalized spacial score (nSPS) is 19.3. The van der Waals surface area contributed by atoms with E-state index in [2.05, 4.69) is 16.0 Å². The number of rotatable bonds is 9. The average molecular weight is 456 g/mol. The molecule has 1 spiro atoms. The van der Waals surface area contributed by atoms with Crippen LogP contribution in [0.4, 0.5) is 14.5 Å². The average Bonchev–Trinajstić information content (AvgIpc) is 3.63. The molecule has 3 amide bonds. The van der Waals surface area contributed by atoms with Gasteiger partial charge in [-0.3, -0.25) is 19.2 Å². The lowest BCUT2D eigenvalue weighted by atomic mass is 10.0. The molecule has 2 fully saturated rings. The Morgan fingerprint density at radius 2 is 1.94 bits per heavy atom. The van der Waals surface area contributed by atoms with E-state index in [4.69, 9.17) is 11.6 Å². The fourth-order valence-corrected chi connectivity index (χ4v) is 3.82. The maximum absolute atomic E-state index is 13.3. The van der Waals surface area contributed by atoms with E-state index in [-0.39, 0.29) is 33.5 Å². The van der Waals surface area contributed by atoms with Crippen molar-refractivity contribution < 1.29 is 28.0 Å². The minimum absolute atomic E-state index is 0.0238. The zero-order valence-corrected chi connectivity index (χ0v) is 17.9. The van der Waals surface area contributed by atoms with Gasteiger partial charge in [-0.05, 0) is 56.2 Å². The van der Waals surface area contributed by atoms with Gasteiger partial charge in [0.25, 0.3) is 11.8 Å². The Hall–Kier alpha value is -2.55. The predicted molar refractivity (Wildman–Crippen MR) is 110 cm³/mol. The quantitative estimate of drug-likeness (QED) is 0.498. The molecule has 31 heavy (non-hydrogen) atoms. The van der Waals surface area contributed by atoms with Crippen molar-refractivity contribution >= 4 is 40.8 Å². The molecule has 3 rings (SSSR count). The second-order valence-electron chi connectivity index (χ2n) is 8.38. The fraction of sp³-hybridized carbons (Fsp3) is 0.524. The molecule has 168 valence electrons. The number of alkyl halides is 2. The summed E-state index contributed by atoms with van der Waals surface area (Å²) in [6.07, 6.45) is 1.72. The van der Waals surface area contributed by atoms with Gasteiger partial charge in [-0.1, -0.05) is 11.6 Å². The van der Waals surface area contributed by atoms with Gasteiger partial charge in [0.1, 0.15) is 0 Å². The minimum Gasteiger partial charge on any atom is -0.353 e. The molecule has 10 heteroatoms. The highest BCUT2D eigenvalue weighted by Gasteiger charge is 2.65. The van der Waals surface area contributed by atoms with E-state index < -0.39 is 42.4 Å². The van der Waals surface area contributed by atoms with Gasteiger partial charge in [-0.2, -0.15) is 0 Å². The molecule has 0 heterocycles. The maximum atomic E-state index is 13.3. The summed E-state index contributed by atoms with van der Waals surface area (Å²) in [5.74, 6) is -6.22. The number of amides is 3. The minimum atomic E-state index is -3.08. The monoisotopic (exact) mass is 455 g/mol. The van der Waals surface area contributed by atoms with Crippen molar-refractivity contribution in [3.63, 3.8) is 0 Å². The molecule has 0 aliphatic heterocycles. The second kappa shape index (κ2) is 8.53. The molecule has 2 aliphatic carbocycles. The molecule has 1 aromatic rings. The number of halogens is 3. The highest BCUT2D eigenvalue weighted by Crippen LogP contribution is 2.70. The van der Waals surface area contributed by atoms with Crippen molar-refractivity contribution in [3.8, 4) is 0 Å². The number of anilines is 1. The van der Waals surface area contributed by atoms with Crippen molar-refractivity contribution in [2.45, 2.75) is 51.0 Å². The van der Waals surface area contributed by atoms with E-state index in [1.807, 2.05) is 0 Å². The first-order valence-corrected chi connectivity index (χ1v) is 10.4. The van der Waals surface area contributed by atoms with E-state index in [0.717, 1.165) is 19.3 Å². The topological polar surface area (TPSA) is 104 Å². The van der Waals surface area contributed by atoms with E-state index in [1.54, 1.807) is 0 Å². The van der Waals surface area contributed by atoms with Crippen LogP contribution in [0.1, 0.15) is 49.4 Å². The molecule has 1 aromatic carbocycles. The van der Waals surface area contributed by atoms with E-state index >= 15 is 0 Å². The highest BCUT2D eigenvalue weighted by molar-refractivity contribution is 6.38. The van der Waals surface area contributed by atoms with Gasteiger partial charge >= 0.3 is 0 Å². The van der Waals surface area contributed by atoms with Crippen LogP contribution in [-0.2, 0) is 14.4 Å². The fourth-order valence-electron chi connectivity index (χ4n) is 3.65. The number of carbonyl (C=O) groups is 4. The van der Waals surface area contributed by atoms with E-state index in [9.17, 15) is 28.0 Å². The largest absolute Gasteiger partial charge is 0.353 e. The van der Waals surface area contributed by atoms with Crippen LogP contribution in [0.3, 0.4) is 0 Å². The summed E-state index contributed by atoms with van der Waals surface area (Å²) < 4.78 is 26.6. The molecule has 0 bridgehead atoms. The number of nitrogens with one attached hydrogen (secondary N) is 3. The first kappa shape index (κ1) is 23.1. The number of ketones is 1. The van der Waals surface area contributed by atoms with Crippen molar-refractivity contribution in [2.75, 3.05) is 12.4 Å². The summed E-state index contributed by atoms with van der Waals surface area (Å²) in [7, 11) is 1.22. The molecule has 2 atom stereocenters. The third-order valence-electron chi connectivity index (χ3n) is 5.83.